The number of aromatic nitrogens is 2. The highest BCUT2D eigenvalue weighted by atomic mass is 35.5. The largest absolute Gasteiger partial charge is 0.487 e. The number of ether oxygens (including phenoxy) is 1. The van der Waals surface area contributed by atoms with Gasteiger partial charge in [-0.3, -0.25) is 14.8 Å². The van der Waals surface area contributed by atoms with E-state index in [1.54, 1.807) is 23.2 Å². The van der Waals surface area contributed by atoms with Gasteiger partial charge in [-0.05, 0) is 73.8 Å². The van der Waals surface area contributed by atoms with Crippen LogP contribution >= 0.6 is 11.6 Å². The molecule has 2 aliphatic rings. The van der Waals surface area contributed by atoms with E-state index in [1.807, 2.05) is 24.3 Å². The van der Waals surface area contributed by atoms with Crippen LogP contribution in [0.1, 0.15) is 45.6 Å². The second kappa shape index (κ2) is 9.17. The molecule has 2 aromatic carbocycles. The quantitative estimate of drug-likeness (QED) is 0.248. The fourth-order valence-corrected chi connectivity index (χ4v) is 6.94. The van der Waals surface area contributed by atoms with Gasteiger partial charge in [0.05, 0.1) is 16.8 Å². The van der Waals surface area contributed by atoms with E-state index >= 15 is 0 Å². The molecular formula is C28H32ClF2N3O3Si. The summed E-state index contributed by atoms with van der Waals surface area (Å²) in [6.07, 6.45) is 3.66. The van der Waals surface area contributed by atoms with Gasteiger partial charge in [0, 0.05) is 40.7 Å². The van der Waals surface area contributed by atoms with Crippen molar-refractivity contribution < 1.29 is 22.7 Å². The van der Waals surface area contributed by atoms with Crippen LogP contribution in [-0.4, -0.2) is 36.1 Å². The van der Waals surface area contributed by atoms with Crippen molar-refractivity contribution in [3.8, 4) is 17.0 Å². The van der Waals surface area contributed by atoms with Gasteiger partial charge in [-0.15, -0.1) is 8.78 Å². The van der Waals surface area contributed by atoms with Crippen LogP contribution in [-0.2, 0) is 14.6 Å². The number of rotatable bonds is 6. The molecule has 1 saturated carbocycles. The van der Waals surface area contributed by atoms with Crippen LogP contribution in [0.2, 0.25) is 18.1 Å². The van der Waals surface area contributed by atoms with Crippen LogP contribution in [0.15, 0.2) is 54.7 Å². The summed E-state index contributed by atoms with van der Waals surface area (Å²) in [4.78, 5) is 16.1. The number of halogens is 3. The van der Waals surface area contributed by atoms with Crippen molar-refractivity contribution in [2.24, 2.45) is 0 Å². The van der Waals surface area contributed by atoms with E-state index in [2.05, 4.69) is 48.8 Å². The second-order valence-corrected chi connectivity index (χ2v) is 16.9. The molecule has 1 aromatic heterocycles. The molecule has 202 valence electrons. The highest BCUT2D eigenvalue weighted by molar-refractivity contribution is 6.74. The molecule has 6 nitrogen and oxygen atoms in total. The molecule has 0 bridgehead atoms. The van der Waals surface area contributed by atoms with E-state index in [-0.39, 0.29) is 22.8 Å². The maximum atomic E-state index is 14.4. The van der Waals surface area contributed by atoms with Crippen LogP contribution in [0, 0.1) is 0 Å². The lowest BCUT2D eigenvalue weighted by Crippen LogP contribution is -2.44. The standard InChI is InChI=1S/C28H32ClF2N3O3Si/c1-26(2,3)38(4,5)37-20-13-15-27(17-20)24-21(22-14-16-32-33-22)7-6-8-23(24)34(25(27)35)18-9-11-19(12-10-18)36-28(29,30)31/h6-12,14,16,20H,13,15,17H2,1-5H3,(H,32,33). The van der Waals surface area contributed by atoms with E-state index < -0.39 is 19.3 Å². The summed E-state index contributed by atoms with van der Waals surface area (Å²) < 4.78 is 37.5. The van der Waals surface area contributed by atoms with Crippen molar-refractivity contribution in [2.45, 2.75) is 75.3 Å². The molecule has 3 aromatic rings. The average molecular weight is 560 g/mol. The predicted octanol–water partition coefficient (Wildman–Crippen LogP) is 7.74. The number of H-pyrrole nitrogens is 1. The van der Waals surface area contributed by atoms with Gasteiger partial charge in [-0.25, -0.2) is 0 Å². The summed E-state index contributed by atoms with van der Waals surface area (Å²) in [7, 11) is -2.05. The lowest BCUT2D eigenvalue weighted by atomic mass is 9.77. The third-order valence-electron chi connectivity index (χ3n) is 8.23. The minimum absolute atomic E-state index is 0.0378. The molecule has 1 fully saturated rings. The van der Waals surface area contributed by atoms with E-state index in [0.717, 1.165) is 28.9 Å². The van der Waals surface area contributed by atoms with Crippen LogP contribution in [0.4, 0.5) is 20.2 Å². The molecule has 38 heavy (non-hydrogen) atoms. The van der Waals surface area contributed by atoms with Crippen LogP contribution in [0.3, 0.4) is 0 Å². The number of fused-ring (bicyclic) bond motifs is 2. The molecule has 1 spiro atoms. The molecule has 1 aliphatic heterocycles. The van der Waals surface area contributed by atoms with Crippen LogP contribution < -0.4 is 9.64 Å². The van der Waals surface area contributed by atoms with Gasteiger partial charge < -0.3 is 9.16 Å². The van der Waals surface area contributed by atoms with E-state index in [9.17, 15) is 13.6 Å². The Morgan fingerprint density at radius 3 is 2.45 bits per heavy atom. The Kier molecular flexibility index (Phi) is 6.48. The number of hydrogen-bond donors (Lipinski definition) is 1. The molecular weight excluding hydrogens is 528 g/mol. The first-order valence-corrected chi connectivity index (χ1v) is 16.0. The van der Waals surface area contributed by atoms with Gasteiger partial charge in [0.15, 0.2) is 8.32 Å². The number of carbonyl (C=O) groups excluding carboxylic acids is 1. The Hall–Kier alpha value is -2.75. The Balaban J connectivity index is 1.57. The van der Waals surface area contributed by atoms with Crippen molar-refractivity contribution in [1.82, 2.24) is 10.2 Å². The fraction of sp³-hybridized carbons (Fsp3) is 0.429. The first kappa shape index (κ1) is 26.8. The second-order valence-electron chi connectivity index (χ2n) is 11.7. The topological polar surface area (TPSA) is 67.4 Å². The maximum Gasteiger partial charge on any atom is 0.487 e. The summed E-state index contributed by atoms with van der Waals surface area (Å²) in [5, 5.41) is 7.24. The van der Waals surface area contributed by atoms with Gasteiger partial charge >= 0.3 is 5.57 Å². The number of hydrogen-bond acceptors (Lipinski definition) is 4. The molecule has 10 heteroatoms. The summed E-state index contributed by atoms with van der Waals surface area (Å²) in [6.45, 7) is 11.1. The molecule has 0 radical (unpaired) electrons. The zero-order valence-corrected chi connectivity index (χ0v) is 23.9. The lowest BCUT2D eigenvalue weighted by molar-refractivity contribution is -0.122. The van der Waals surface area contributed by atoms with E-state index in [1.165, 1.54) is 12.1 Å². The lowest BCUT2D eigenvalue weighted by Gasteiger charge is -2.38. The summed E-state index contributed by atoms with van der Waals surface area (Å²) >= 11 is 4.92. The highest BCUT2D eigenvalue weighted by Gasteiger charge is 2.57. The van der Waals surface area contributed by atoms with Crippen molar-refractivity contribution >= 4 is 37.2 Å². The Labute approximate surface area is 227 Å². The molecule has 2 heterocycles. The summed E-state index contributed by atoms with van der Waals surface area (Å²) in [5.74, 6) is -0.137. The number of alkyl halides is 3. The third kappa shape index (κ3) is 4.65. The smallest absolute Gasteiger partial charge is 0.420 e. The molecule has 1 N–H and O–H groups in total. The molecule has 1 aliphatic carbocycles. The van der Waals surface area contributed by atoms with Gasteiger partial charge in [0.1, 0.15) is 5.75 Å². The maximum absolute atomic E-state index is 14.4. The minimum atomic E-state index is -3.82. The number of nitrogens with zero attached hydrogens (tertiary/aromatic N) is 2. The van der Waals surface area contributed by atoms with Crippen molar-refractivity contribution in [3.63, 3.8) is 0 Å². The van der Waals surface area contributed by atoms with Gasteiger partial charge in [-0.2, -0.15) is 5.10 Å². The van der Waals surface area contributed by atoms with E-state index in [0.29, 0.717) is 18.5 Å². The van der Waals surface area contributed by atoms with E-state index in [4.69, 9.17) is 16.0 Å². The fourth-order valence-electron chi connectivity index (χ4n) is 5.46. The first-order valence-electron chi connectivity index (χ1n) is 12.7. The zero-order valence-electron chi connectivity index (χ0n) is 22.1. The van der Waals surface area contributed by atoms with Crippen molar-refractivity contribution in [3.05, 3.63) is 60.3 Å². The van der Waals surface area contributed by atoms with Crippen molar-refractivity contribution in [2.75, 3.05) is 4.90 Å². The van der Waals surface area contributed by atoms with Gasteiger partial charge in [-0.1, -0.05) is 32.9 Å². The average Bonchev–Trinajstić information content (AvgIpc) is 3.53. The number of anilines is 2. The number of aromatic amines is 1. The molecule has 2 atom stereocenters. The monoisotopic (exact) mass is 559 g/mol. The van der Waals surface area contributed by atoms with Crippen LogP contribution in [0.25, 0.3) is 11.3 Å². The number of amides is 1. The van der Waals surface area contributed by atoms with Crippen molar-refractivity contribution in [1.29, 1.82) is 0 Å². The molecule has 2 unspecified atom stereocenters. The summed E-state index contributed by atoms with van der Waals surface area (Å²) in [5.41, 5.74) is -0.557. The molecule has 0 saturated heterocycles. The number of nitrogens with one attached hydrogen (secondary N) is 1. The first-order chi connectivity index (χ1) is 17.7. The SMILES string of the molecule is CC(C)(C)[Si](C)(C)OC1CCC2(C1)C(=O)N(c1ccc(OC(F)(F)Cl)cc1)c1cccc(-c3ccn[nH]3)c12. The van der Waals surface area contributed by atoms with Crippen LogP contribution in [0.5, 0.6) is 5.75 Å². The summed E-state index contributed by atoms with van der Waals surface area (Å²) in [6, 6.07) is 13.7. The normalized spacial score (nSPS) is 21.8. The predicted molar refractivity (Wildman–Crippen MR) is 147 cm³/mol. The number of benzene rings is 2. The van der Waals surface area contributed by atoms with Gasteiger partial charge in [0.25, 0.3) is 0 Å². The zero-order chi connectivity index (χ0) is 27.5. The highest BCUT2D eigenvalue weighted by Crippen LogP contribution is 2.57. The Morgan fingerprint density at radius 1 is 1.13 bits per heavy atom. The molecule has 5 rings (SSSR count). The third-order valence-corrected chi connectivity index (χ3v) is 12.8. The minimum Gasteiger partial charge on any atom is -0.420 e. The van der Waals surface area contributed by atoms with Gasteiger partial charge in [0.2, 0.25) is 5.91 Å². The molecule has 1 amide bonds. The number of carbonyl (C=O) groups is 1. The Bertz CT molecular complexity index is 1340. The Morgan fingerprint density at radius 2 is 1.84 bits per heavy atom.